The lowest BCUT2D eigenvalue weighted by Gasteiger charge is -2.09. The van der Waals surface area contributed by atoms with Gasteiger partial charge in [-0.05, 0) is 35.4 Å². The molecule has 0 saturated carbocycles. The largest absolute Gasteiger partial charge is 0.497 e. The van der Waals surface area contributed by atoms with E-state index in [1.807, 2.05) is 54.6 Å². The maximum Gasteiger partial charge on any atom is 0.251 e. The van der Waals surface area contributed by atoms with Gasteiger partial charge in [0.15, 0.2) is 0 Å². The minimum atomic E-state index is -0.133. The molecule has 2 aromatic carbocycles. The highest BCUT2D eigenvalue weighted by atomic mass is 16.5. The van der Waals surface area contributed by atoms with Crippen molar-refractivity contribution in [2.24, 2.45) is 0 Å². The standard InChI is InChI=1S/C21H21N3O2/c1-26-19-9-7-17(8-10-19)15-24-21(25)18-11-12-22-20(13-18)23-14-16-5-3-2-4-6-16/h2-13H,14-15H2,1H3,(H,22,23)(H,24,25). The number of rotatable bonds is 7. The lowest BCUT2D eigenvalue weighted by atomic mass is 10.2. The number of methoxy groups -OCH3 is 1. The number of pyridine rings is 1. The van der Waals surface area contributed by atoms with Gasteiger partial charge in [-0.1, -0.05) is 42.5 Å². The lowest BCUT2D eigenvalue weighted by Crippen LogP contribution is -2.23. The normalized spacial score (nSPS) is 10.2. The van der Waals surface area contributed by atoms with Crippen LogP contribution in [0.2, 0.25) is 0 Å². The molecular weight excluding hydrogens is 326 g/mol. The summed E-state index contributed by atoms with van der Waals surface area (Å²) in [4.78, 5) is 16.6. The Kier molecular flexibility index (Phi) is 5.83. The minimum absolute atomic E-state index is 0.133. The summed E-state index contributed by atoms with van der Waals surface area (Å²) in [5.41, 5.74) is 2.74. The van der Waals surface area contributed by atoms with Crippen molar-refractivity contribution in [3.8, 4) is 5.75 Å². The molecule has 5 nitrogen and oxygen atoms in total. The second-order valence-corrected chi connectivity index (χ2v) is 5.80. The SMILES string of the molecule is COc1ccc(CNC(=O)c2ccnc(NCc3ccccc3)c2)cc1. The molecule has 1 amide bonds. The van der Waals surface area contributed by atoms with E-state index in [9.17, 15) is 4.79 Å². The molecular formula is C21H21N3O2. The Hall–Kier alpha value is -3.34. The van der Waals surface area contributed by atoms with E-state index in [4.69, 9.17) is 4.74 Å². The number of nitrogens with one attached hydrogen (secondary N) is 2. The maximum absolute atomic E-state index is 12.4. The molecule has 0 fully saturated rings. The predicted molar refractivity (Wildman–Crippen MR) is 102 cm³/mol. The zero-order valence-corrected chi connectivity index (χ0v) is 14.6. The Bertz CT molecular complexity index is 849. The van der Waals surface area contributed by atoms with Crippen molar-refractivity contribution in [3.63, 3.8) is 0 Å². The second kappa shape index (κ2) is 8.67. The summed E-state index contributed by atoms with van der Waals surface area (Å²) < 4.78 is 5.13. The molecule has 3 aromatic rings. The monoisotopic (exact) mass is 347 g/mol. The predicted octanol–water partition coefficient (Wildman–Crippen LogP) is 3.63. The molecule has 1 heterocycles. The van der Waals surface area contributed by atoms with E-state index in [1.165, 1.54) is 0 Å². The molecule has 0 atom stereocenters. The first-order valence-corrected chi connectivity index (χ1v) is 8.39. The number of hydrogen-bond donors (Lipinski definition) is 2. The minimum Gasteiger partial charge on any atom is -0.497 e. The number of anilines is 1. The lowest BCUT2D eigenvalue weighted by molar-refractivity contribution is 0.0951. The molecule has 3 rings (SSSR count). The molecule has 1 aromatic heterocycles. The molecule has 26 heavy (non-hydrogen) atoms. The van der Waals surface area contributed by atoms with Crippen molar-refractivity contribution in [3.05, 3.63) is 89.6 Å². The Morgan fingerprint density at radius 1 is 0.962 bits per heavy atom. The highest BCUT2D eigenvalue weighted by molar-refractivity contribution is 5.94. The van der Waals surface area contributed by atoms with Gasteiger partial charge in [0.2, 0.25) is 0 Å². The van der Waals surface area contributed by atoms with Gasteiger partial charge in [0.1, 0.15) is 11.6 Å². The number of aromatic nitrogens is 1. The first kappa shape index (κ1) is 17.5. The van der Waals surface area contributed by atoms with Gasteiger partial charge in [0, 0.05) is 24.8 Å². The highest BCUT2D eigenvalue weighted by Gasteiger charge is 2.07. The summed E-state index contributed by atoms with van der Waals surface area (Å²) in [7, 11) is 1.63. The maximum atomic E-state index is 12.4. The Balaban J connectivity index is 1.57. The fraction of sp³-hybridized carbons (Fsp3) is 0.143. The van der Waals surface area contributed by atoms with E-state index in [0.29, 0.717) is 24.5 Å². The van der Waals surface area contributed by atoms with Crippen LogP contribution in [0.3, 0.4) is 0 Å². The third-order valence-electron chi connectivity index (χ3n) is 3.95. The van der Waals surface area contributed by atoms with Gasteiger partial charge >= 0.3 is 0 Å². The second-order valence-electron chi connectivity index (χ2n) is 5.80. The van der Waals surface area contributed by atoms with Crippen LogP contribution in [-0.4, -0.2) is 18.0 Å². The van der Waals surface area contributed by atoms with E-state index in [2.05, 4.69) is 15.6 Å². The smallest absolute Gasteiger partial charge is 0.251 e. The van der Waals surface area contributed by atoms with Crippen molar-refractivity contribution in [1.29, 1.82) is 0 Å². The quantitative estimate of drug-likeness (QED) is 0.685. The zero-order chi connectivity index (χ0) is 18.2. The fourth-order valence-electron chi connectivity index (χ4n) is 2.48. The van der Waals surface area contributed by atoms with Gasteiger partial charge < -0.3 is 15.4 Å². The van der Waals surface area contributed by atoms with Gasteiger partial charge in [0.25, 0.3) is 5.91 Å². The van der Waals surface area contributed by atoms with Crippen LogP contribution in [0.15, 0.2) is 72.9 Å². The van der Waals surface area contributed by atoms with Gasteiger partial charge in [0.05, 0.1) is 7.11 Å². The highest BCUT2D eigenvalue weighted by Crippen LogP contribution is 2.12. The molecule has 0 aliphatic rings. The van der Waals surface area contributed by atoms with Gasteiger partial charge in [-0.15, -0.1) is 0 Å². The summed E-state index contributed by atoms with van der Waals surface area (Å²) >= 11 is 0. The van der Waals surface area contributed by atoms with Crippen LogP contribution in [0.1, 0.15) is 21.5 Å². The van der Waals surface area contributed by atoms with Crippen LogP contribution < -0.4 is 15.4 Å². The van der Waals surface area contributed by atoms with Crippen molar-refractivity contribution in [2.45, 2.75) is 13.1 Å². The van der Waals surface area contributed by atoms with Crippen LogP contribution in [0, 0.1) is 0 Å². The van der Waals surface area contributed by atoms with Crippen LogP contribution in [0.25, 0.3) is 0 Å². The molecule has 0 spiro atoms. The first-order valence-electron chi connectivity index (χ1n) is 8.39. The number of carbonyl (C=O) groups excluding carboxylic acids is 1. The zero-order valence-electron chi connectivity index (χ0n) is 14.6. The topological polar surface area (TPSA) is 63.2 Å². The fourth-order valence-corrected chi connectivity index (χ4v) is 2.48. The van der Waals surface area contributed by atoms with Gasteiger partial charge in [-0.3, -0.25) is 4.79 Å². The summed E-state index contributed by atoms with van der Waals surface area (Å²) in [5, 5.41) is 6.16. The molecule has 0 radical (unpaired) electrons. The average Bonchev–Trinajstić information content (AvgIpc) is 2.72. The average molecular weight is 347 g/mol. The van der Waals surface area contributed by atoms with E-state index in [0.717, 1.165) is 16.9 Å². The molecule has 5 heteroatoms. The number of amides is 1. The summed E-state index contributed by atoms with van der Waals surface area (Å²) in [6.07, 6.45) is 1.63. The number of hydrogen-bond acceptors (Lipinski definition) is 4. The Labute approximate surface area is 153 Å². The van der Waals surface area contributed by atoms with E-state index in [-0.39, 0.29) is 5.91 Å². The first-order chi connectivity index (χ1) is 12.7. The van der Waals surface area contributed by atoms with Crippen molar-refractivity contribution >= 4 is 11.7 Å². The summed E-state index contributed by atoms with van der Waals surface area (Å²) in [6, 6.07) is 21.1. The number of nitrogens with zero attached hydrogens (tertiary/aromatic N) is 1. The molecule has 2 N–H and O–H groups in total. The molecule has 0 aliphatic carbocycles. The van der Waals surface area contributed by atoms with Crippen molar-refractivity contribution < 1.29 is 9.53 Å². The van der Waals surface area contributed by atoms with Crippen LogP contribution in [-0.2, 0) is 13.1 Å². The van der Waals surface area contributed by atoms with Gasteiger partial charge in [-0.2, -0.15) is 0 Å². The molecule has 132 valence electrons. The molecule has 0 bridgehead atoms. The van der Waals surface area contributed by atoms with Crippen LogP contribution >= 0.6 is 0 Å². The van der Waals surface area contributed by atoms with Crippen molar-refractivity contribution in [1.82, 2.24) is 10.3 Å². The summed E-state index contributed by atoms with van der Waals surface area (Å²) in [6.45, 7) is 1.11. The van der Waals surface area contributed by atoms with E-state index < -0.39 is 0 Å². The van der Waals surface area contributed by atoms with Crippen molar-refractivity contribution in [2.75, 3.05) is 12.4 Å². The molecule has 0 saturated heterocycles. The number of ether oxygens (including phenoxy) is 1. The molecule has 0 unspecified atom stereocenters. The third kappa shape index (κ3) is 4.83. The van der Waals surface area contributed by atoms with Gasteiger partial charge in [-0.25, -0.2) is 4.98 Å². The summed E-state index contributed by atoms with van der Waals surface area (Å²) in [5.74, 6) is 1.33. The molecule has 0 aliphatic heterocycles. The third-order valence-corrected chi connectivity index (χ3v) is 3.95. The number of carbonyl (C=O) groups is 1. The van der Waals surface area contributed by atoms with Crippen LogP contribution in [0.5, 0.6) is 5.75 Å². The Morgan fingerprint density at radius 2 is 1.69 bits per heavy atom. The Morgan fingerprint density at radius 3 is 2.42 bits per heavy atom. The van der Waals surface area contributed by atoms with E-state index >= 15 is 0 Å². The number of benzene rings is 2. The van der Waals surface area contributed by atoms with Crippen LogP contribution in [0.4, 0.5) is 5.82 Å². The van der Waals surface area contributed by atoms with E-state index in [1.54, 1.807) is 25.4 Å².